The van der Waals surface area contributed by atoms with E-state index in [-0.39, 0.29) is 12.2 Å². The van der Waals surface area contributed by atoms with Gasteiger partial charge in [-0.15, -0.1) is 0 Å². The minimum Gasteiger partial charge on any atom is -0.374 e. The fourth-order valence-electron chi connectivity index (χ4n) is 2.18. The number of hydrogen-bond donors (Lipinski definition) is 0. The minimum atomic E-state index is 0.00826. The van der Waals surface area contributed by atoms with Crippen LogP contribution < -0.4 is 0 Å². The normalized spacial score (nSPS) is 18.4. The molecule has 0 aromatic heterocycles. The summed E-state index contributed by atoms with van der Waals surface area (Å²) in [7, 11) is 0. The van der Waals surface area contributed by atoms with Gasteiger partial charge in [-0.3, -0.25) is 0 Å². The van der Waals surface area contributed by atoms with Crippen LogP contribution in [0.5, 0.6) is 0 Å². The van der Waals surface area contributed by atoms with Crippen LogP contribution in [-0.2, 0) is 27.4 Å². The van der Waals surface area contributed by atoms with E-state index in [4.69, 9.17) is 14.2 Å². The van der Waals surface area contributed by atoms with Crippen molar-refractivity contribution in [2.75, 3.05) is 13.2 Å². The van der Waals surface area contributed by atoms with Crippen molar-refractivity contribution < 1.29 is 14.2 Å². The van der Waals surface area contributed by atoms with Crippen molar-refractivity contribution in [2.24, 2.45) is 0 Å². The van der Waals surface area contributed by atoms with Gasteiger partial charge in [-0.05, 0) is 11.1 Å². The Bertz CT molecular complexity index is 523. The fourth-order valence-corrected chi connectivity index (χ4v) is 2.18. The average molecular weight is 284 g/mol. The average Bonchev–Trinajstić information content (AvgIpc) is 3.37. The van der Waals surface area contributed by atoms with E-state index in [1.54, 1.807) is 0 Å². The molecule has 0 spiro atoms. The summed E-state index contributed by atoms with van der Waals surface area (Å²) in [6, 6.07) is 20.4. The number of rotatable bonds is 8. The molecule has 0 N–H and O–H groups in total. The van der Waals surface area contributed by atoms with Crippen LogP contribution in [0.4, 0.5) is 0 Å². The summed E-state index contributed by atoms with van der Waals surface area (Å²) >= 11 is 0. The van der Waals surface area contributed by atoms with Crippen molar-refractivity contribution in [1.29, 1.82) is 0 Å². The summed E-state index contributed by atoms with van der Waals surface area (Å²) in [5.41, 5.74) is 2.35. The fraction of sp³-hybridized carbons (Fsp3) is 0.333. The highest BCUT2D eigenvalue weighted by molar-refractivity contribution is 5.14. The summed E-state index contributed by atoms with van der Waals surface area (Å²) in [4.78, 5) is 0. The molecule has 0 aliphatic carbocycles. The van der Waals surface area contributed by atoms with Gasteiger partial charge in [0.2, 0.25) is 0 Å². The first-order valence-electron chi connectivity index (χ1n) is 7.30. The highest BCUT2D eigenvalue weighted by Gasteiger charge is 2.33. The van der Waals surface area contributed by atoms with Crippen LogP contribution in [0.2, 0.25) is 0 Å². The van der Waals surface area contributed by atoms with Gasteiger partial charge in [0.05, 0.1) is 26.4 Å². The van der Waals surface area contributed by atoms with Crippen LogP contribution in [0, 0.1) is 0 Å². The van der Waals surface area contributed by atoms with Crippen molar-refractivity contribution in [3.63, 3.8) is 0 Å². The molecule has 1 saturated heterocycles. The van der Waals surface area contributed by atoms with Gasteiger partial charge < -0.3 is 14.2 Å². The standard InChI is InChI=1S/C18H20O3/c1-3-7-15(8-4-1)11-19-13-17(18-14-21-18)20-12-16-9-5-2-6-10-16/h1-10,17-18H,11-14H2/t17-,18?/m0/s1. The zero-order chi connectivity index (χ0) is 14.3. The molecule has 1 aliphatic rings. The third kappa shape index (κ3) is 4.67. The van der Waals surface area contributed by atoms with Crippen molar-refractivity contribution >= 4 is 0 Å². The molecule has 2 aromatic rings. The molecule has 2 aromatic carbocycles. The molecule has 1 heterocycles. The Labute approximate surface area is 125 Å². The highest BCUT2D eigenvalue weighted by atomic mass is 16.6. The lowest BCUT2D eigenvalue weighted by Crippen LogP contribution is -2.25. The molecular weight excluding hydrogens is 264 g/mol. The summed E-state index contributed by atoms with van der Waals surface area (Å²) < 4.78 is 17.1. The smallest absolute Gasteiger partial charge is 0.110 e. The van der Waals surface area contributed by atoms with E-state index in [0.29, 0.717) is 19.8 Å². The van der Waals surface area contributed by atoms with Crippen molar-refractivity contribution in [3.8, 4) is 0 Å². The second kappa shape index (κ2) is 7.36. The predicted octanol–water partition coefficient (Wildman–Crippen LogP) is 3.19. The summed E-state index contributed by atoms with van der Waals surface area (Å²) in [6.07, 6.45) is 0.193. The van der Waals surface area contributed by atoms with E-state index in [1.807, 2.05) is 36.4 Å². The molecule has 3 heteroatoms. The number of hydrogen-bond acceptors (Lipinski definition) is 3. The first kappa shape index (κ1) is 14.3. The van der Waals surface area contributed by atoms with Gasteiger partial charge in [-0.1, -0.05) is 60.7 Å². The zero-order valence-electron chi connectivity index (χ0n) is 12.0. The van der Waals surface area contributed by atoms with Gasteiger partial charge in [0.25, 0.3) is 0 Å². The third-order valence-corrected chi connectivity index (χ3v) is 3.47. The lowest BCUT2D eigenvalue weighted by Gasteiger charge is -2.16. The summed E-state index contributed by atoms with van der Waals surface area (Å²) in [5, 5.41) is 0. The quantitative estimate of drug-likeness (QED) is 0.698. The number of ether oxygens (including phenoxy) is 3. The molecule has 1 aliphatic heterocycles. The first-order chi connectivity index (χ1) is 10.4. The maximum atomic E-state index is 5.94. The van der Waals surface area contributed by atoms with Crippen LogP contribution in [0.15, 0.2) is 60.7 Å². The van der Waals surface area contributed by atoms with Crippen molar-refractivity contribution in [1.82, 2.24) is 0 Å². The second-order valence-corrected chi connectivity index (χ2v) is 5.21. The van der Waals surface area contributed by atoms with Crippen LogP contribution >= 0.6 is 0 Å². The van der Waals surface area contributed by atoms with E-state index in [9.17, 15) is 0 Å². The van der Waals surface area contributed by atoms with Gasteiger partial charge in [0, 0.05) is 0 Å². The lowest BCUT2D eigenvalue weighted by atomic mass is 10.2. The van der Waals surface area contributed by atoms with Gasteiger partial charge >= 0.3 is 0 Å². The third-order valence-electron chi connectivity index (χ3n) is 3.47. The summed E-state index contributed by atoms with van der Waals surface area (Å²) in [5.74, 6) is 0. The number of benzene rings is 2. The Kier molecular flexibility index (Phi) is 5.00. The van der Waals surface area contributed by atoms with Crippen LogP contribution in [0.1, 0.15) is 11.1 Å². The molecule has 3 rings (SSSR count). The molecule has 1 fully saturated rings. The van der Waals surface area contributed by atoms with E-state index < -0.39 is 0 Å². The van der Waals surface area contributed by atoms with Crippen LogP contribution in [-0.4, -0.2) is 25.4 Å². The molecule has 3 nitrogen and oxygen atoms in total. The molecule has 0 bridgehead atoms. The second-order valence-electron chi connectivity index (χ2n) is 5.21. The maximum absolute atomic E-state index is 5.94. The lowest BCUT2D eigenvalue weighted by molar-refractivity contribution is -0.0417. The SMILES string of the molecule is c1ccc(COC[C@H](OCc2ccccc2)C2CO2)cc1. The molecule has 1 unspecified atom stereocenters. The molecular formula is C18H20O3. The molecule has 0 radical (unpaired) electrons. The van der Waals surface area contributed by atoms with Crippen molar-refractivity contribution in [3.05, 3.63) is 71.8 Å². The largest absolute Gasteiger partial charge is 0.374 e. The van der Waals surface area contributed by atoms with Crippen LogP contribution in [0.25, 0.3) is 0 Å². The van der Waals surface area contributed by atoms with Crippen LogP contribution in [0.3, 0.4) is 0 Å². The minimum absolute atomic E-state index is 0.00826. The monoisotopic (exact) mass is 284 g/mol. The highest BCUT2D eigenvalue weighted by Crippen LogP contribution is 2.19. The van der Waals surface area contributed by atoms with Crippen molar-refractivity contribution in [2.45, 2.75) is 25.4 Å². The van der Waals surface area contributed by atoms with Gasteiger partial charge in [-0.25, -0.2) is 0 Å². The van der Waals surface area contributed by atoms with E-state index in [0.717, 1.165) is 6.61 Å². The molecule has 110 valence electrons. The molecule has 0 saturated carbocycles. The Hall–Kier alpha value is -1.68. The topological polar surface area (TPSA) is 31.0 Å². The Morgan fingerprint density at radius 2 is 1.48 bits per heavy atom. The predicted molar refractivity (Wildman–Crippen MR) is 80.9 cm³/mol. The van der Waals surface area contributed by atoms with E-state index in [2.05, 4.69) is 24.3 Å². The van der Waals surface area contributed by atoms with E-state index in [1.165, 1.54) is 11.1 Å². The Balaban J connectivity index is 1.44. The molecule has 0 amide bonds. The Morgan fingerprint density at radius 3 is 2.05 bits per heavy atom. The van der Waals surface area contributed by atoms with Gasteiger partial charge in [0.15, 0.2) is 0 Å². The van der Waals surface area contributed by atoms with Gasteiger partial charge in [0.1, 0.15) is 12.2 Å². The van der Waals surface area contributed by atoms with Gasteiger partial charge in [-0.2, -0.15) is 0 Å². The maximum Gasteiger partial charge on any atom is 0.110 e. The first-order valence-corrected chi connectivity index (χ1v) is 7.30. The number of epoxide rings is 1. The zero-order valence-corrected chi connectivity index (χ0v) is 12.0. The van der Waals surface area contributed by atoms with E-state index >= 15 is 0 Å². The summed E-state index contributed by atoms with van der Waals surface area (Å²) in [6.45, 7) is 2.54. The Morgan fingerprint density at radius 1 is 0.905 bits per heavy atom. The molecule has 2 atom stereocenters. The molecule has 21 heavy (non-hydrogen) atoms.